The molecule has 98 valence electrons. The van der Waals surface area contributed by atoms with Crippen molar-refractivity contribution in [1.82, 2.24) is 5.32 Å². The lowest BCUT2D eigenvalue weighted by Gasteiger charge is -2.26. The average Bonchev–Trinajstić information content (AvgIpc) is 2.46. The van der Waals surface area contributed by atoms with E-state index in [4.69, 9.17) is 0 Å². The first-order valence-electron chi connectivity index (χ1n) is 6.78. The van der Waals surface area contributed by atoms with Crippen molar-refractivity contribution in [3.8, 4) is 0 Å². The van der Waals surface area contributed by atoms with Gasteiger partial charge in [0.05, 0.1) is 6.10 Å². The molecule has 0 unspecified atom stereocenters. The van der Waals surface area contributed by atoms with Crippen LogP contribution in [0.15, 0.2) is 30.3 Å². The molecule has 0 radical (unpaired) electrons. The lowest BCUT2D eigenvalue weighted by Crippen LogP contribution is -2.37. The van der Waals surface area contributed by atoms with Crippen LogP contribution in [0.5, 0.6) is 0 Å². The fraction of sp³-hybridized carbons (Fsp3) is 0.533. The van der Waals surface area contributed by atoms with E-state index in [0.29, 0.717) is 18.0 Å². The van der Waals surface area contributed by atoms with Crippen molar-refractivity contribution in [3.05, 3.63) is 35.9 Å². The third-order valence-electron chi connectivity index (χ3n) is 3.70. The second-order valence-electron chi connectivity index (χ2n) is 5.04. The normalized spacial score (nSPS) is 18.3. The lowest BCUT2D eigenvalue weighted by molar-refractivity contribution is 0.0738. The molecule has 2 N–H and O–H groups in total. The summed E-state index contributed by atoms with van der Waals surface area (Å²) in [5.74, 6) is 0.250. The van der Waals surface area contributed by atoms with Gasteiger partial charge in [-0.05, 0) is 30.9 Å². The minimum atomic E-state index is -0.405. The van der Waals surface area contributed by atoms with Gasteiger partial charge >= 0.3 is 0 Å². The first-order valence-corrected chi connectivity index (χ1v) is 6.78. The molecule has 18 heavy (non-hydrogen) atoms. The van der Waals surface area contributed by atoms with Gasteiger partial charge in [0.1, 0.15) is 0 Å². The molecule has 0 bridgehead atoms. The van der Waals surface area contributed by atoms with Gasteiger partial charge in [-0.3, -0.25) is 4.79 Å². The molecule has 0 spiro atoms. The number of hydrogen-bond donors (Lipinski definition) is 2. The lowest BCUT2D eigenvalue weighted by atomic mass is 9.85. The number of rotatable bonds is 4. The fourth-order valence-electron chi connectivity index (χ4n) is 2.57. The van der Waals surface area contributed by atoms with Crippen molar-refractivity contribution in [2.45, 2.75) is 38.2 Å². The molecule has 2 rings (SSSR count). The van der Waals surface area contributed by atoms with E-state index in [1.807, 2.05) is 18.2 Å². The van der Waals surface area contributed by atoms with E-state index >= 15 is 0 Å². The highest BCUT2D eigenvalue weighted by Crippen LogP contribution is 2.26. The van der Waals surface area contributed by atoms with E-state index in [1.54, 1.807) is 12.1 Å². The summed E-state index contributed by atoms with van der Waals surface area (Å²) in [6.45, 7) is 0.360. The number of carbonyl (C=O) groups excluding carboxylic acids is 1. The highest BCUT2D eigenvalue weighted by molar-refractivity contribution is 5.94. The summed E-state index contributed by atoms with van der Waals surface area (Å²) in [6.07, 6.45) is 5.45. The Morgan fingerprint density at radius 3 is 2.56 bits per heavy atom. The number of carbonyl (C=O) groups is 1. The molecule has 3 heteroatoms. The topological polar surface area (TPSA) is 49.3 Å². The number of nitrogens with one attached hydrogen (secondary N) is 1. The molecule has 1 fully saturated rings. The molecule has 1 aliphatic rings. The van der Waals surface area contributed by atoms with Crippen LogP contribution in [0.25, 0.3) is 0 Å². The molecule has 1 aromatic carbocycles. The monoisotopic (exact) mass is 247 g/mol. The summed E-state index contributed by atoms with van der Waals surface area (Å²) in [5.41, 5.74) is 0.647. The predicted octanol–water partition coefficient (Wildman–Crippen LogP) is 2.36. The summed E-state index contributed by atoms with van der Waals surface area (Å²) in [5, 5.41) is 12.9. The molecule has 0 aromatic heterocycles. The van der Waals surface area contributed by atoms with Gasteiger partial charge in [-0.25, -0.2) is 0 Å². The van der Waals surface area contributed by atoms with Crippen LogP contribution in [0.2, 0.25) is 0 Å². The Morgan fingerprint density at radius 1 is 1.22 bits per heavy atom. The van der Waals surface area contributed by atoms with Crippen molar-refractivity contribution < 1.29 is 9.90 Å². The molecule has 0 aliphatic heterocycles. The van der Waals surface area contributed by atoms with Gasteiger partial charge in [-0.15, -0.1) is 0 Å². The van der Waals surface area contributed by atoms with Crippen molar-refractivity contribution in [1.29, 1.82) is 0 Å². The van der Waals surface area contributed by atoms with E-state index in [1.165, 1.54) is 19.3 Å². The van der Waals surface area contributed by atoms with Crippen molar-refractivity contribution in [2.75, 3.05) is 6.54 Å². The molecule has 0 heterocycles. The Kier molecular flexibility index (Phi) is 4.76. The second kappa shape index (κ2) is 6.55. The molecule has 0 saturated heterocycles. The smallest absolute Gasteiger partial charge is 0.251 e. The van der Waals surface area contributed by atoms with Crippen LogP contribution in [0.3, 0.4) is 0 Å². The number of benzene rings is 1. The largest absolute Gasteiger partial charge is 0.391 e. The van der Waals surface area contributed by atoms with Crippen LogP contribution in [0, 0.1) is 5.92 Å². The van der Waals surface area contributed by atoms with Gasteiger partial charge in [-0.2, -0.15) is 0 Å². The van der Waals surface area contributed by atoms with Crippen LogP contribution >= 0.6 is 0 Å². The summed E-state index contributed by atoms with van der Waals surface area (Å²) >= 11 is 0. The summed E-state index contributed by atoms with van der Waals surface area (Å²) in [7, 11) is 0. The molecule has 1 aromatic rings. The number of hydrogen-bond acceptors (Lipinski definition) is 2. The van der Waals surface area contributed by atoms with Crippen LogP contribution in [0.4, 0.5) is 0 Å². The van der Waals surface area contributed by atoms with Gasteiger partial charge < -0.3 is 10.4 Å². The summed E-state index contributed by atoms with van der Waals surface area (Å²) in [4.78, 5) is 11.8. The Morgan fingerprint density at radius 2 is 1.89 bits per heavy atom. The maximum atomic E-state index is 11.8. The van der Waals surface area contributed by atoms with Crippen molar-refractivity contribution >= 4 is 5.91 Å². The highest BCUT2D eigenvalue weighted by atomic mass is 16.3. The Bertz CT molecular complexity index is 371. The maximum Gasteiger partial charge on any atom is 0.251 e. The van der Waals surface area contributed by atoms with Gasteiger partial charge in [0.2, 0.25) is 0 Å². The Hall–Kier alpha value is -1.35. The van der Waals surface area contributed by atoms with E-state index in [0.717, 1.165) is 12.8 Å². The predicted molar refractivity (Wildman–Crippen MR) is 71.4 cm³/mol. The number of amides is 1. The third kappa shape index (κ3) is 3.57. The van der Waals surface area contributed by atoms with Gasteiger partial charge in [0, 0.05) is 12.1 Å². The first kappa shape index (κ1) is 13.1. The van der Waals surface area contributed by atoms with Gasteiger partial charge in [0.25, 0.3) is 5.91 Å². The zero-order chi connectivity index (χ0) is 12.8. The highest BCUT2D eigenvalue weighted by Gasteiger charge is 2.21. The van der Waals surface area contributed by atoms with Crippen LogP contribution in [0.1, 0.15) is 42.5 Å². The van der Waals surface area contributed by atoms with E-state index < -0.39 is 6.10 Å². The van der Waals surface area contributed by atoms with Crippen molar-refractivity contribution in [3.63, 3.8) is 0 Å². The zero-order valence-corrected chi connectivity index (χ0v) is 10.6. The van der Waals surface area contributed by atoms with E-state index in [9.17, 15) is 9.90 Å². The first-order chi connectivity index (χ1) is 8.77. The molecular weight excluding hydrogens is 226 g/mol. The molecular formula is C15H21NO2. The molecule has 1 atom stereocenters. The molecule has 3 nitrogen and oxygen atoms in total. The van der Waals surface area contributed by atoms with E-state index in [2.05, 4.69) is 5.32 Å². The number of aliphatic hydroxyl groups excluding tert-OH is 1. The Labute approximate surface area is 108 Å². The quantitative estimate of drug-likeness (QED) is 0.858. The molecule has 1 saturated carbocycles. The minimum Gasteiger partial charge on any atom is -0.391 e. The standard InChI is InChI=1S/C15H21NO2/c17-14(12-7-3-1-4-8-12)11-16-15(18)13-9-5-2-6-10-13/h2,5-6,9-10,12,14,17H,1,3-4,7-8,11H2,(H,16,18)/t14-/m0/s1. The van der Waals surface area contributed by atoms with Gasteiger partial charge in [-0.1, -0.05) is 37.5 Å². The third-order valence-corrected chi connectivity index (χ3v) is 3.70. The summed E-state index contributed by atoms with van der Waals surface area (Å²) in [6, 6.07) is 9.12. The summed E-state index contributed by atoms with van der Waals surface area (Å²) < 4.78 is 0. The fourth-order valence-corrected chi connectivity index (χ4v) is 2.57. The van der Waals surface area contributed by atoms with Crippen LogP contribution < -0.4 is 5.32 Å². The second-order valence-corrected chi connectivity index (χ2v) is 5.04. The van der Waals surface area contributed by atoms with Crippen LogP contribution in [-0.4, -0.2) is 23.7 Å². The Balaban J connectivity index is 1.78. The van der Waals surface area contributed by atoms with Gasteiger partial charge in [0.15, 0.2) is 0 Å². The average molecular weight is 247 g/mol. The molecule has 1 amide bonds. The minimum absolute atomic E-state index is 0.106. The van der Waals surface area contributed by atoms with Crippen LogP contribution in [-0.2, 0) is 0 Å². The zero-order valence-electron chi connectivity index (χ0n) is 10.6. The maximum absolute atomic E-state index is 11.8. The molecule has 1 aliphatic carbocycles. The SMILES string of the molecule is O=C(NC[C@H](O)C1CCCCC1)c1ccccc1. The number of aliphatic hydroxyl groups is 1. The van der Waals surface area contributed by atoms with E-state index in [-0.39, 0.29) is 5.91 Å². The van der Waals surface area contributed by atoms with Crippen molar-refractivity contribution in [2.24, 2.45) is 5.92 Å².